The number of nitrogens with zero attached hydrogens (tertiary/aromatic N) is 1. The lowest BCUT2D eigenvalue weighted by Gasteiger charge is -2.10. The summed E-state index contributed by atoms with van der Waals surface area (Å²) in [6.45, 7) is 3.53. The third kappa shape index (κ3) is 6.70. The van der Waals surface area contributed by atoms with Crippen LogP contribution in [0.2, 0.25) is 5.02 Å². The molecule has 0 saturated carbocycles. The van der Waals surface area contributed by atoms with Gasteiger partial charge in [0.25, 0.3) is 5.91 Å². The molecule has 0 fully saturated rings. The summed E-state index contributed by atoms with van der Waals surface area (Å²) >= 11 is 6.05. The number of hydrogen-bond donors (Lipinski definition) is 1. The Hall–Kier alpha value is -4.10. The molecule has 0 atom stereocenters. The molecule has 1 N–H and O–H groups in total. The molecular formula is C26H23ClN2O5. The molecule has 0 aliphatic rings. The van der Waals surface area contributed by atoms with Gasteiger partial charge in [0, 0.05) is 0 Å². The summed E-state index contributed by atoms with van der Waals surface area (Å²) in [7, 11) is 1.45. The number of halogens is 1. The number of amides is 1. The van der Waals surface area contributed by atoms with Crippen molar-refractivity contribution in [1.29, 1.82) is 0 Å². The summed E-state index contributed by atoms with van der Waals surface area (Å²) in [6.07, 6.45) is 3.84. The molecule has 3 aromatic rings. The van der Waals surface area contributed by atoms with Gasteiger partial charge >= 0.3 is 5.97 Å². The fraction of sp³-hybridized carbons (Fsp3) is 0.115. The van der Waals surface area contributed by atoms with Gasteiger partial charge in [-0.25, -0.2) is 10.2 Å². The number of carbonyl (C=O) groups excluding carboxylic acids is 2. The first-order valence-corrected chi connectivity index (χ1v) is 10.7. The Balaban J connectivity index is 1.58. The lowest BCUT2D eigenvalue weighted by molar-refractivity contribution is -0.123. The first-order valence-electron chi connectivity index (χ1n) is 10.3. The lowest BCUT2D eigenvalue weighted by Crippen LogP contribution is -2.24. The number of para-hydroxylation sites is 1. The van der Waals surface area contributed by atoms with Crippen molar-refractivity contribution in [1.82, 2.24) is 5.43 Å². The van der Waals surface area contributed by atoms with Crippen molar-refractivity contribution in [2.45, 2.75) is 6.42 Å². The number of allylic oxidation sites excluding steroid dienone is 1. The topological polar surface area (TPSA) is 86.2 Å². The van der Waals surface area contributed by atoms with Gasteiger partial charge in [0.15, 0.2) is 18.1 Å². The molecule has 0 radical (unpaired) electrons. The number of nitrogens with one attached hydrogen (secondary N) is 1. The van der Waals surface area contributed by atoms with Crippen LogP contribution in [-0.2, 0) is 11.2 Å². The normalized spacial score (nSPS) is 10.5. The van der Waals surface area contributed by atoms with Crippen LogP contribution in [0.15, 0.2) is 84.5 Å². The number of ether oxygens (including phenoxy) is 3. The van der Waals surface area contributed by atoms with Gasteiger partial charge in [-0.15, -0.1) is 6.58 Å². The number of esters is 1. The van der Waals surface area contributed by atoms with E-state index < -0.39 is 11.9 Å². The molecule has 0 bridgehead atoms. The minimum absolute atomic E-state index is 0.189. The van der Waals surface area contributed by atoms with E-state index in [2.05, 4.69) is 17.1 Å². The van der Waals surface area contributed by atoms with Gasteiger partial charge < -0.3 is 14.2 Å². The van der Waals surface area contributed by atoms with Crippen LogP contribution in [0.3, 0.4) is 0 Å². The molecule has 8 heteroatoms. The fourth-order valence-electron chi connectivity index (χ4n) is 2.95. The number of hydrogen-bond acceptors (Lipinski definition) is 6. The van der Waals surface area contributed by atoms with E-state index in [-0.39, 0.29) is 17.9 Å². The zero-order valence-electron chi connectivity index (χ0n) is 18.5. The molecule has 0 aliphatic carbocycles. The maximum absolute atomic E-state index is 12.4. The quantitative estimate of drug-likeness (QED) is 0.148. The Morgan fingerprint density at radius 1 is 1.03 bits per heavy atom. The first-order chi connectivity index (χ1) is 16.5. The molecule has 3 aromatic carbocycles. The van der Waals surface area contributed by atoms with Crippen molar-refractivity contribution in [3.05, 3.63) is 101 Å². The van der Waals surface area contributed by atoms with Crippen LogP contribution in [0.5, 0.6) is 17.2 Å². The maximum Gasteiger partial charge on any atom is 0.345 e. The monoisotopic (exact) mass is 478 g/mol. The van der Waals surface area contributed by atoms with Gasteiger partial charge in [-0.1, -0.05) is 48.0 Å². The summed E-state index contributed by atoms with van der Waals surface area (Å²) in [6, 6.07) is 18.9. The zero-order valence-corrected chi connectivity index (χ0v) is 19.2. The van der Waals surface area contributed by atoms with Crippen molar-refractivity contribution in [2.24, 2.45) is 5.10 Å². The number of carbonyl (C=O) groups is 2. The Morgan fingerprint density at radius 2 is 1.79 bits per heavy atom. The highest BCUT2D eigenvalue weighted by molar-refractivity contribution is 6.33. The smallest absolute Gasteiger partial charge is 0.345 e. The number of methoxy groups -OCH3 is 1. The van der Waals surface area contributed by atoms with Crippen LogP contribution in [0.4, 0.5) is 0 Å². The third-order valence-electron chi connectivity index (χ3n) is 4.58. The van der Waals surface area contributed by atoms with E-state index in [1.54, 1.807) is 54.6 Å². The molecule has 174 valence electrons. The molecule has 0 aromatic heterocycles. The number of hydrazone groups is 1. The molecule has 1 amide bonds. The van der Waals surface area contributed by atoms with E-state index >= 15 is 0 Å². The van der Waals surface area contributed by atoms with Gasteiger partial charge in [0.2, 0.25) is 0 Å². The molecule has 34 heavy (non-hydrogen) atoms. The van der Waals surface area contributed by atoms with Crippen LogP contribution in [0.25, 0.3) is 0 Å². The third-order valence-corrected chi connectivity index (χ3v) is 4.91. The summed E-state index contributed by atoms with van der Waals surface area (Å²) in [5.41, 5.74) is 4.21. The molecule has 0 spiro atoms. The predicted molar refractivity (Wildman–Crippen MR) is 131 cm³/mol. The van der Waals surface area contributed by atoms with E-state index in [0.29, 0.717) is 28.5 Å². The molecule has 0 saturated heterocycles. The molecule has 7 nitrogen and oxygen atoms in total. The second-order valence-electron chi connectivity index (χ2n) is 6.96. The van der Waals surface area contributed by atoms with Gasteiger partial charge in [-0.3, -0.25) is 4.79 Å². The van der Waals surface area contributed by atoms with Gasteiger partial charge in [-0.2, -0.15) is 5.10 Å². The second-order valence-corrected chi connectivity index (χ2v) is 7.37. The maximum atomic E-state index is 12.4. The van der Waals surface area contributed by atoms with Crippen LogP contribution >= 0.6 is 11.6 Å². The second kappa shape index (κ2) is 12.2. The predicted octanol–water partition coefficient (Wildman–Crippen LogP) is 4.83. The molecular weight excluding hydrogens is 456 g/mol. The fourth-order valence-corrected chi connectivity index (χ4v) is 3.17. The highest BCUT2D eigenvalue weighted by Crippen LogP contribution is 2.29. The van der Waals surface area contributed by atoms with E-state index in [0.717, 1.165) is 5.56 Å². The van der Waals surface area contributed by atoms with Crippen molar-refractivity contribution in [3.63, 3.8) is 0 Å². The van der Waals surface area contributed by atoms with Crippen molar-refractivity contribution in [3.8, 4) is 17.2 Å². The van der Waals surface area contributed by atoms with Crippen molar-refractivity contribution in [2.75, 3.05) is 13.7 Å². The average Bonchev–Trinajstić information content (AvgIpc) is 2.84. The lowest BCUT2D eigenvalue weighted by atomic mass is 10.1. The summed E-state index contributed by atoms with van der Waals surface area (Å²) in [5, 5.41) is 4.23. The molecule has 0 unspecified atom stereocenters. The minimum atomic E-state index is -0.604. The van der Waals surface area contributed by atoms with E-state index in [9.17, 15) is 9.59 Å². The summed E-state index contributed by atoms with van der Waals surface area (Å²) < 4.78 is 16.3. The summed E-state index contributed by atoms with van der Waals surface area (Å²) in [5.74, 6) is 0.139. The highest BCUT2D eigenvalue weighted by atomic mass is 35.5. The minimum Gasteiger partial charge on any atom is -0.493 e. The van der Waals surface area contributed by atoms with Gasteiger partial charge in [0.05, 0.1) is 23.9 Å². The van der Waals surface area contributed by atoms with Crippen LogP contribution < -0.4 is 19.6 Å². The molecule has 0 aliphatic heterocycles. The number of benzene rings is 3. The van der Waals surface area contributed by atoms with Crippen LogP contribution in [0.1, 0.15) is 21.5 Å². The Labute approximate surface area is 202 Å². The van der Waals surface area contributed by atoms with Crippen molar-refractivity contribution >= 4 is 29.7 Å². The Kier molecular flexibility index (Phi) is 8.82. The SMILES string of the molecule is C=CCc1ccccc1OCC(=O)N/N=C/c1ccc(OC(=O)c2ccccc2Cl)c(OC)c1. The highest BCUT2D eigenvalue weighted by Gasteiger charge is 2.15. The van der Waals surface area contributed by atoms with Crippen molar-refractivity contribution < 1.29 is 23.8 Å². The zero-order chi connectivity index (χ0) is 24.3. The molecule has 0 heterocycles. The standard InChI is InChI=1S/C26H23ClN2O5/c1-3-8-19-9-4-7-12-22(19)33-17-25(30)29-28-16-18-13-14-23(24(15-18)32-2)34-26(31)20-10-5-6-11-21(20)27/h3-7,9-16H,1,8,17H2,2H3,(H,29,30)/b28-16+. The average molecular weight is 479 g/mol. The van der Waals surface area contributed by atoms with Gasteiger partial charge in [0.1, 0.15) is 5.75 Å². The Morgan fingerprint density at radius 3 is 2.56 bits per heavy atom. The Bertz CT molecular complexity index is 1210. The first kappa shape index (κ1) is 24.5. The van der Waals surface area contributed by atoms with E-state index in [1.165, 1.54) is 13.3 Å². The summed E-state index contributed by atoms with van der Waals surface area (Å²) in [4.78, 5) is 24.5. The largest absolute Gasteiger partial charge is 0.493 e. The van der Waals surface area contributed by atoms with E-state index in [4.69, 9.17) is 25.8 Å². The molecule has 3 rings (SSSR count). The van der Waals surface area contributed by atoms with Gasteiger partial charge in [-0.05, 0) is 53.9 Å². The number of rotatable bonds is 10. The van der Waals surface area contributed by atoms with Crippen LogP contribution in [-0.4, -0.2) is 31.8 Å². The van der Waals surface area contributed by atoms with Crippen LogP contribution in [0, 0.1) is 0 Å². The van der Waals surface area contributed by atoms with E-state index in [1.807, 2.05) is 18.2 Å².